The summed E-state index contributed by atoms with van der Waals surface area (Å²) in [5.41, 5.74) is -1.41. The number of aliphatic hydroxyl groups is 3. The van der Waals surface area contributed by atoms with Gasteiger partial charge in [0, 0.05) is 36.4 Å². The Morgan fingerprint density at radius 1 is 0.882 bits per heavy atom. The van der Waals surface area contributed by atoms with Crippen molar-refractivity contribution in [3.05, 3.63) is 65.2 Å². The summed E-state index contributed by atoms with van der Waals surface area (Å²) in [4.78, 5) is 49.7. The maximum atomic E-state index is 13.4. The Morgan fingerprint density at radius 3 is 1.74 bits per heavy atom. The Hall–Kier alpha value is -2.91. The molecule has 0 amide bonds. The van der Waals surface area contributed by atoms with Gasteiger partial charge in [0.1, 0.15) is 30.8 Å². The van der Waals surface area contributed by atoms with Crippen LogP contribution in [0.25, 0.3) is 0 Å². The molecule has 0 bridgehead atoms. The lowest BCUT2D eigenvalue weighted by Gasteiger charge is -2.14. The van der Waals surface area contributed by atoms with E-state index in [0.717, 1.165) is 4.57 Å². The molecule has 4 rings (SSSR count). The number of aliphatic hydroxyl groups excluding tert-OH is 3. The minimum Gasteiger partial charge on any atom is -0.394 e. The molecule has 0 aromatic carbocycles. The summed E-state index contributed by atoms with van der Waals surface area (Å²) in [6.07, 6.45) is -2.29. The second-order valence-corrected chi connectivity index (χ2v) is 8.14. The molecular weight excluding hydrogens is 457 g/mol. The number of hydrogen-bond donors (Lipinski definition) is 5. The monoisotopic (exact) mass is 484 g/mol. The van der Waals surface area contributed by atoms with Crippen molar-refractivity contribution in [2.24, 2.45) is 0 Å². The molecule has 5 N–H and O–H groups in total. The van der Waals surface area contributed by atoms with Crippen molar-refractivity contribution in [1.82, 2.24) is 19.1 Å². The van der Waals surface area contributed by atoms with Crippen molar-refractivity contribution in [3.8, 4) is 0 Å². The molecule has 2 aliphatic heterocycles. The molecule has 4 heterocycles. The molecule has 14 heteroatoms. The van der Waals surface area contributed by atoms with Gasteiger partial charge in [0.15, 0.2) is 0 Å². The lowest BCUT2D eigenvalue weighted by atomic mass is 10.2. The lowest BCUT2D eigenvalue weighted by Crippen LogP contribution is -2.33. The highest BCUT2D eigenvalue weighted by Gasteiger charge is 2.36. The summed E-state index contributed by atoms with van der Waals surface area (Å²) in [7, 11) is 0. The van der Waals surface area contributed by atoms with Crippen LogP contribution < -0.4 is 22.5 Å². The van der Waals surface area contributed by atoms with Gasteiger partial charge in [-0.1, -0.05) is 0 Å². The molecule has 2 aromatic rings. The van der Waals surface area contributed by atoms with E-state index in [1.807, 2.05) is 0 Å². The van der Waals surface area contributed by atoms with Crippen LogP contribution in [-0.4, -0.2) is 72.1 Å². The minimum atomic E-state index is -1.32. The molecule has 34 heavy (non-hydrogen) atoms. The van der Waals surface area contributed by atoms with E-state index >= 15 is 0 Å². The summed E-state index contributed by atoms with van der Waals surface area (Å²) >= 11 is 0. The van der Waals surface area contributed by atoms with Crippen molar-refractivity contribution < 1.29 is 29.2 Å². The summed E-state index contributed by atoms with van der Waals surface area (Å²) in [6, 6.07) is 0. The van der Waals surface area contributed by atoms with Gasteiger partial charge in [0.25, 0.3) is 11.1 Å². The zero-order valence-electron chi connectivity index (χ0n) is 18.5. The van der Waals surface area contributed by atoms with Gasteiger partial charge in [-0.25, -0.2) is 14.0 Å². The molecule has 0 spiro atoms. The number of nitrogens with one attached hydrogen (secondary N) is 2. The SMILES string of the molecule is Cc1cn(C2CC(O)[C@@H](CO)O2)[11c](=O)[nH]c1=O.Cc1cn(C2CC([18F])[C@@H](CO)O2)c(=O)[nH]c1=O. The fourth-order valence-electron chi connectivity index (χ4n) is 3.67. The number of aromatic nitrogens is 4. The first-order chi connectivity index (χ1) is 16.0. The number of H-pyrrole nitrogens is 2. The zero-order valence-corrected chi connectivity index (χ0v) is 18.5. The van der Waals surface area contributed by atoms with Crippen molar-refractivity contribution in [2.45, 2.75) is 63.6 Å². The fraction of sp³-hybridized carbons (Fsp3) is 0.600. The van der Waals surface area contributed by atoms with Crippen LogP contribution in [0.2, 0.25) is 0 Å². The Morgan fingerprint density at radius 2 is 1.32 bits per heavy atom. The molecule has 2 fully saturated rings. The van der Waals surface area contributed by atoms with Gasteiger partial charge in [0.05, 0.1) is 19.3 Å². The van der Waals surface area contributed by atoms with Gasteiger partial charge in [-0.15, -0.1) is 0 Å². The predicted octanol–water partition coefficient (Wildman–Crippen LogP) is -2.05. The highest BCUT2D eigenvalue weighted by atomic mass is 18.2. The number of ether oxygens (including phenoxy) is 2. The summed E-state index contributed by atoms with van der Waals surface area (Å²) in [6.45, 7) is 2.37. The van der Waals surface area contributed by atoms with E-state index in [9.17, 15) is 28.7 Å². The number of hydrogen-bond acceptors (Lipinski definition) is 9. The molecule has 0 radical (unpaired) electrons. The van der Waals surface area contributed by atoms with Crippen molar-refractivity contribution >= 4 is 0 Å². The van der Waals surface area contributed by atoms with Gasteiger partial charge in [-0.3, -0.25) is 28.7 Å². The van der Waals surface area contributed by atoms with E-state index in [4.69, 9.17) is 19.7 Å². The van der Waals surface area contributed by atoms with E-state index in [0.29, 0.717) is 11.1 Å². The Kier molecular flexibility index (Phi) is 7.99. The topological polar surface area (TPSA) is 189 Å². The maximum absolute atomic E-state index is 13.4. The molecule has 0 saturated carbocycles. The van der Waals surface area contributed by atoms with E-state index in [1.54, 1.807) is 13.8 Å². The number of aryl methyl sites for hydroxylation is 2. The van der Waals surface area contributed by atoms with Crippen molar-refractivity contribution in [1.29, 1.82) is 0 Å². The number of halogens is 1. The average Bonchev–Trinajstić information content (AvgIpc) is 3.35. The zero-order chi connectivity index (χ0) is 25.2. The smallest absolute Gasteiger partial charge is 0.330 e. The number of aromatic amines is 2. The van der Waals surface area contributed by atoms with Gasteiger partial charge >= 0.3 is 11.4 Å². The number of alkyl halides is 1. The Bertz CT molecular complexity index is 1140. The molecule has 2 saturated heterocycles. The highest BCUT2D eigenvalue weighted by Crippen LogP contribution is 2.29. The van der Waals surface area contributed by atoms with Crippen molar-refractivity contribution in [2.75, 3.05) is 13.2 Å². The van der Waals surface area contributed by atoms with Gasteiger partial charge in [0.2, 0.25) is 0 Å². The molecule has 188 valence electrons. The van der Waals surface area contributed by atoms with Crippen LogP contribution in [0.4, 0.5) is 4.39 Å². The largest absolute Gasteiger partial charge is 0.394 e. The first-order valence-corrected chi connectivity index (χ1v) is 10.5. The molecule has 13 nitrogen and oxygen atoms in total. The first-order valence-electron chi connectivity index (χ1n) is 10.5. The van der Waals surface area contributed by atoms with E-state index in [2.05, 4.69) is 9.97 Å². The second kappa shape index (κ2) is 10.6. The van der Waals surface area contributed by atoms with Gasteiger partial charge < -0.3 is 24.8 Å². The summed E-state index contributed by atoms with van der Waals surface area (Å²) in [5.74, 6) is 0. The van der Waals surface area contributed by atoms with Crippen LogP contribution in [0.1, 0.15) is 36.4 Å². The predicted molar refractivity (Wildman–Crippen MR) is 114 cm³/mol. The number of nitrogens with zero attached hydrogens (tertiary/aromatic N) is 2. The second-order valence-electron chi connectivity index (χ2n) is 8.14. The van der Waals surface area contributed by atoms with Crippen LogP contribution in [0.5, 0.6) is 0 Å². The summed E-state index contributed by atoms with van der Waals surface area (Å²) in [5, 5.41) is 27.4. The van der Waals surface area contributed by atoms with E-state index in [-0.39, 0.29) is 19.4 Å². The maximum Gasteiger partial charge on any atom is 0.330 e. The van der Waals surface area contributed by atoms with Gasteiger partial charge in [-0.2, -0.15) is 0 Å². The molecule has 0 aliphatic carbocycles. The lowest BCUT2D eigenvalue weighted by molar-refractivity contribution is -0.0459. The van der Waals surface area contributed by atoms with Gasteiger partial charge in [-0.05, 0) is 13.8 Å². The minimum absolute atomic E-state index is 0.0172. The van der Waals surface area contributed by atoms with Crippen LogP contribution in [0.15, 0.2) is 31.6 Å². The third kappa shape index (κ3) is 5.42. The van der Waals surface area contributed by atoms with Crippen LogP contribution in [-0.2, 0) is 9.47 Å². The molecule has 2 aliphatic rings. The molecular formula is C20H27FN4O9. The highest BCUT2D eigenvalue weighted by molar-refractivity contribution is 5.03. The summed E-state index contributed by atoms with van der Waals surface area (Å²) < 4.78 is 26.2. The normalized spacial score (nSPS) is 28.5. The quantitative estimate of drug-likeness (QED) is 0.325. The number of rotatable bonds is 4. The third-order valence-electron chi connectivity index (χ3n) is 5.64. The fourth-order valence-corrected chi connectivity index (χ4v) is 3.67. The van der Waals surface area contributed by atoms with Crippen LogP contribution >= 0.6 is 0 Å². The van der Waals surface area contributed by atoms with Crippen molar-refractivity contribution in [3.63, 3.8) is 0 Å². The van der Waals surface area contributed by atoms with E-state index in [1.165, 1.54) is 17.0 Å². The average molecular weight is 484 g/mol. The standard InChI is InChI=1S/C10H13FN2O4.C10H14N2O5/c1-5-3-13(10(16)12-9(5)15)8-2-6(11)7(4-14)17-8;1-5-3-12(10(16)11-9(5)15)8-2-6(14)7(4-13)17-8/h3,6-8,14H,2,4H2,1H3,(H,12,15,16);3,6-8,13-14H,2,4H2,1H3,(H,11,15,16)/t2*6?,7-,8?/m11/s1/i11-1;10-1. The first kappa shape index (κ1) is 25.7. The van der Waals surface area contributed by atoms with E-state index < -0.39 is 66.0 Å². The van der Waals surface area contributed by atoms with Crippen LogP contribution in [0, 0.1) is 13.8 Å². The third-order valence-corrected chi connectivity index (χ3v) is 5.64. The molecule has 6 atom stereocenters. The Labute approximate surface area is 191 Å². The van der Waals surface area contributed by atoms with Crippen LogP contribution in [0.3, 0.4) is 0 Å². The molecule has 4 unspecified atom stereocenters. The Balaban J connectivity index is 0.000000191. The molecule has 2 aromatic heterocycles.